The first-order valence-electron chi connectivity index (χ1n) is 5.34. The van der Waals surface area contributed by atoms with Crippen LogP contribution in [-0.2, 0) is 6.42 Å². The number of nitrogens with one attached hydrogen (secondary N) is 1. The largest absolute Gasteiger partial charge is 0.387 e. The van der Waals surface area contributed by atoms with Crippen molar-refractivity contribution in [3.05, 3.63) is 17.8 Å². The zero-order valence-electron chi connectivity index (χ0n) is 10.5. The summed E-state index contributed by atoms with van der Waals surface area (Å²) >= 11 is 0. The van der Waals surface area contributed by atoms with E-state index in [0.717, 1.165) is 17.7 Å². The Morgan fingerprint density at radius 3 is 2.56 bits per heavy atom. The molecule has 0 spiro atoms. The first-order valence-corrected chi connectivity index (χ1v) is 5.34. The van der Waals surface area contributed by atoms with Gasteiger partial charge in [0.15, 0.2) is 0 Å². The number of terminal acetylenes is 1. The molecule has 1 aromatic rings. The lowest BCUT2D eigenvalue weighted by Crippen LogP contribution is -2.03. The van der Waals surface area contributed by atoms with Crippen LogP contribution in [-0.4, -0.2) is 12.0 Å². The van der Waals surface area contributed by atoms with Gasteiger partial charge in [0.25, 0.3) is 0 Å². The number of nitrogens with zero attached hydrogens (tertiary/aromatic N) is 1. The predicted molar refractivity (Wildman–Crippen MR) is 71.2 cm³/mol. The molecule has 0 unspecified atom stereocenters. The van der Waals surface area contributed by atoms with Crippen molar-refractivity contribution in [3.8, 4) is 12.3 Å². The van der Waals surface area contributed by atoms with Crippen molar-refractivity contribution in [2.75, 3.05) is 18.1 Å². The van der Waals surface area contributed by atoms with Gasteiger partial charge in [-0.3, -0.25) is 0 Å². The lowest BCUT2D eigenvalue weighted by atomic mass is 10.0. The van der Waals surface area contributed by atoms with Gasteiger partial charge in [-0.15, -0.1) is 12.3 Å². The maximum atomic E-state index is 5.75. The summed E-state index contributed by atoms with van der Waals surface area (Å²) in [5.74, 6) is 3.50. The van der Waals surface area contributed by atoms with Crippen molar-refractivity contribution >= 4 is 11.5 Å². The third-order valence-electron chi connectivity index (χ3n) is 1.92. The smallest absolute Gasteiger partial charge is 0.126 e. The molecule has 0 saturated carbocycles. The molecule has 0 aromatic carbocycles. The molecular formula is C13H21N3. The van der Waals surface area contributed by atoms with Crippen LogP contribution in [0, 0.1) is 18.3 Å². The number of anilines is 2. The van der Waals surface area contributed by atoms with Crippen LogP contribution in [0.1, 0.15) is 26.3 Å². The fourth-order valence-corrected chi connectivity index (χ4v) is 1.26. The number of hydrogen-bond donors (Lipinski definition) is 2. The molecule has 3 N–H and O–H groups in total. The first kappa shape index (κ1) is 14.3. The number of pyridine rings is 1. The summed E-state index contributed by atoms with van der Waals surface area (Å²) in [5.41, 5.74) is 7.90. The van der Waals surface area contributed by atoms with E-state index in [9.17, 15) is 0 Å². The van der Waals surface area contributed by atoms with Gasteiger partial charge in [0, 0.05) is 7.05 Å². The van der Waals surface area contributed by atoms with Crippen LogP contribution in [0.4, 0.5) is 11.5 Å². The summed E-state index contributed by atoms with van der Waals surface area (Å²) < 4.78 is 0. The highest BCUT2D eigenvalue weighted by Crippen LogP contribution is 2.17. The van der Waals surface area contributed by atoms with E-state index >= 15 is 0 Å². The monoisotopic (exact) mass is 219 g/mol. The molecule has 0 atom stereocenters. The molecule has 16 heavy (non-hydrogen) atoms. The molecule has 0 aliphatic carbocycles. The Hall–Kier alpha value is -1.69. The minimum Gasteiger partial charge on any atom is -0.387 e. The fourth-order valence-electron chi connectivity index (χ4n) is 1.26. The van der Waals surface area contributed by atoms with Gasteiger partial charge in [-0.05, 0) is 30.9 Å². The molecule has 0 saturated heterocycles. The zero-order chi connectivity index (χ0) is 12.6. The van der Waals surface area contributed by atoms with Crippen LogP contribution in [0.5, 0.6) is 0 Å². The topological polar surface area (TPSA) is 50.9 Å². The summed E-state index contributed by atoms with van der Waals surface area (Å²) in [6, 6.07) is 2.06. The molecule has 0 radical (unpaired) electrons. The number of aromatic nitrogens is 1. The average Bonchev–Trinajstić information content (AvgIpc) is 2.22. The number of nitrogens with two attached hydrogens (primary N) is 1. The normalized spacial score (nSPS) is 9.00. The molecule has 0 fully saturated rings. The average molecular weight is 219 g/mol. The van der Waals surface area contributed by atoms with Crippen molar-refractivity contribution in [1.29, 1.82) is 0 Å². The Bertz CT molecular complexity index is 351. The lowest BCUT2D eigenvalue weighted by molar-refractivity contribution is 0.647. The SMILES string of the molecule is C#CC.CNc1cnc(N)c(CC(C)C)c1. The van der Waals surface area contributed by atoms with Crippen molar-refractivity contribution in [2.24, 2.45) is 5.92 Å². The molecule has 0 bridgehead atoms. The summed E-state index contributed by atoms with van der Waals surface area (Å²) in [4.78, 5) is 4.12. The van der Waals surface area contributed by atoms with Crippen LogP contribution < -0.4 is 11.1 Å². The van der Waals surface area contributed by atoms with E-state index in [1.807, 2.05) is 7.05 Å². The molecule has 0 aliphatic rings. The standard InChI is InChI=1S/C10H17N3.C3H4/c1-7(2)4-8-5-9(12-3)6-13-10(8)11;1-3-2/h5-7,12H,4H2,1-3H3,(H2,11,13);1H,2H3. The van der Waals surface area contributed by atoms with Gasteiger partial charge >= 0.3 is 0 Å². The summed E-state index contributed by atoms with van der Waals surface area (Å²) in [6.45, 7) is 6.00. The van der Waals surface area contributed by atoms with Gasteiger partial charge in [0.1, 0.15) is 5.82 Å². The first-order chi connectivity index (χ1) is 7.54. The second-order valence-electron chi connectivity index (χ2n) is 3.91. The van der Waals surface area contributed by atoms with E-state index in [2.05, 4.69) is 42.6 Å². The summed E-state index contributed by atoms with van der Waals surface area (Å²) in [5, 5.41) is 3.05. The van der Waals surface area contributed by atoms with E-state index in [1.54, 1.807) is 13.1 Å². The third-order valence-corrected chi connectivity index (χ3v) is 1.92. The van der Waals surface area contributed by atoms with E-state index < -0.39 is 0 Å². The Morgan fingerprint density at radius 1 is 1.56 bits per heavy atom. The van der Waals surface area contributed by atoms with Gasteiger partial charge in [-0.1, -0.05) is 13.8 Å². The van der Waals surface area contributed by atoms with Crippen molar-refractivity contribution in [1.82, 2.24) is 4.98 Å². The van der Waals surface area contributed by atoms with Gasteiger partial charge in [-0.2, -0.15) is 0 Å². The zero-order valence-corrected chi connectivity index (χ0v) is 10.5. The Labute approximate surface area is 98.5 Å². The second kappa shape index (κ2) is 7.58. The molecule has 3 nitrogen and oxygen atoms in total. The molecule has 88 valence electrons. The Balaban J connectivity index is 0.000000673. The Kier molecular flexibility index (Phi) is 6.78. The van der Waals surface area contributed by atoms with Crippen molar-refractivity contribution < 1.29 is 0 Å². The van der Waals surface area contributed by atoms with Crippen LogP contribution in [0.25, 0.3) is 0 Å². The summed E-state index contributed by atoms with van der Waals surface area (Å²) in [7, 11) is 1.88. The molecule has 0 amide bonds. The number of rotatable bonds is 3. The van der Waals surface area contributed by atoms with E-state index in [-0.39, 0.29) is 0 Å². The second-order valence-corrected chi connectivity index (χ2v) is 3.91. The van der Waals surface area contributed by atoms with E-state index in [4.69, 9.17) is 5.73 Å². The molecule has 1 rings (SSSR count). The van der Waals surface area contributed by atoms with Crippen LogP contribution >= 0.6 is 0 Å². The molecular weight excluding hydrogens is 198 g/mol. The highest BCUT2D eigenvalue weighted by Gasteiger charge is 2.04. The predicted octanol–water partition coefficient (Wildman–Crippen LogP) is 2.54. The molecule has 1 aromatic heterocycles. The van der Waals surface area contributed by atoms with Crippen LogP contribution in [0.3, 0.4) is 0 Å². The van der Waals surface area contributed by atoms with Crippen LogP contribution in [0.15, 0.2) is 12.3 Å². The van der Waals surface area contributed by atoms with Gasteiger partial charge in [0.05, 0.1) is 11.9 Å². The minimum absolute atomic E-state index is 0.608. The van der Waals surface area contributed by atoms with Gasteiger partial charge in [-0.25, -0.2) is 4.98 Å². The van der Waals surface area contributed by atoms with E-state index in [1.165, 1.54) is 0 Å². The third kappa shape index (κ3) is 5.26. The number of hydrogen-bond acceptors (Lipinski definition) is 3. The highest BCUT2D eigenvalue weighted by molar-refractivity contribution is 5.51. The van der Waals surface area contributed by atoms with E-state index in [0.29, 0.717) is 11.7 Å². The fraction of sp³-hybridized carbons (Fsp3) is 0.462. The van der Waals surface area contributed by atoms with Crippen molar-refractivity contribution in [2.45, 2.75) is 27.2 Å². The maximum absolute atomic E-state index is 5.75. The quantitative estimate of drug-likeness (QED) is 0.768. The van der Waals surface area contributed by atoms with Gasteiger partial charge < -0.3 is 11.1 Å². The number of nitrogen functional groups attached to an aromatic ring is 1. The Morgan fingerprint density at radius 2 is 2.12 bits per heavy atom. The minimum atomic E-state index is 0.608. The highest BCUT2D eigenvalue weighted by atomic mass is 14.9. The van der Waals surface area contributed by atoms with Crippen LogP contribution in [0.2, 0.25) is 0 Å². The van der Waals surface area contributed by atoms with Gasteiger partial charge in [0.2, 0.25) is 0 Å². The molecule has 0 aliphatic heterocycles. The molecule has 1 heterocycles. The molecule has 3 heteroatoms. The summed E-state index contributed by atoms with van der Waals surface area (Å²) in [6.07, 6.45) is 7.33. The van der Waals surface area contributed by atoms with Crippen molar-refractivity contribution in [3.63, 3.8) is 0 Å². The maximum Gasteiger partial charge on any atom is 0.126 e. The lowest BCUT2D eigenvalue weighted by Gasteiger charge is -2.09.